The van der Waals surface area contributed by atoms with Crippen molar-refractivity contribution in [3.05, 3.63) is 23.8 Å². The Kier molecular flexibility index (Phi) is 4.20. The number of carbonyl (C=O) groups is 2. The van der Waals surface area contributed by atoms with Gasteiger partial charge in [0.25, 0.3) is 0 Å². The summed E-state index contributed by atoms with van der Waals surface area (Å²) >= 11 is 0. The average Bonchev–Trinajstić information content (AvgIpc) is 2.38. The van der Waals surface area contributed by atoms with Crippen molar-refractivity contribution in [2.45, 2.75) is 32.1 Å². The van der Waals surface area contributed by atoms with Crippen molar-refractivity contribution in [1.82, 2.24) is 0 Å². The Balaban J connectivity index is 2.26. The molecule has 2 rings (SSSR count). The second-order valence-electron chi connectivity index (χ2n) is 4.70. The van der Waals surface area contributed by atoms with Crippen molar-refractivity contribution in [3.8, 4) is 11.5 Å². The number of ketones is 2. The molecule has 0 N–H and O–H groups in total. The lowest BCUT2D eigenvalue weighted by Crippen LogP contribution is -2.21. The minimum atomic E-state index is -0.0288. The highest BCUT2D eigenvalue weighted by molar-refractivity contribution is 6.02. The van der Waals surface area contributed by atoms with Crippen LogP contribution in [0.15, 0.2) is 18.2 Å². The molecule has 19 heavy (non-hydrogen) atoms. The fourth-order valence-electron chi connectivity index (χ4n) is 2.44. The fraction of sp³-hybridized carbons (Fsp3) is 0.467. The molecule has 0 bridgehead atoms. The molecule has 1 fully saturated rings. The SMILES string of the molecule is CCOc1cc(C2CC(=O)CC(=O)C2)ccc1OC. The smallest absolute Gasteiger partial charge is 0.161 e. The number of rotatable bonds is 4. The molecule has 1 saturated carbocycles. The molecule has 1 aliphatic rings. The lowest BCUT2D eigenvalue weighted by molar-refractivity contribution is -0.130. The summed E-state index contributed by atoms with van der Waals surface area (Å²) in [6, 6.07) is 5.60. The number of ether oxygens (including phenoxy) is 2. The molecular weight excluding hydrogens is 244 g/mol. The molecule has 4 nitrogen and oxygen atoms in total. The Morgan fingerprint density at radius 3 is 2.42 bits per heavy atom. The molecule has 1 aromatic carbocycles. The third kappa shape index (κ3) is 3.13. The van der Waals surface area contributed by atoms with Crippen LogP contribution >= 0.6 is 0 Å². The summed E-state index contributed by atoms with van der Waals surface area (Å²) in [7, 11) is 1.59. The zero-order valence-electron chi connectivity index (χ0n) is 11.3. The van der Waals surface area contributed by atoms with E-state index in [4.69, 9.17) is 9.47 Å². The Hall–Kier alpha value is -1.84. The Bertz CT molecular complexity index is 477. The van der Waals surface area contributed by atoms with Crippen LogP contribution in [0.1, 0.15) is 37.7 Å². The Labute approximate surface area is 112 Å². The van der Waals surface area contributed by atoms with Crippen LogP contribution in [0, 0.1) is 0 Å². The van der Waals surface area contributed by atoms with E-state index in [1.54, 1.807) is 7.11 Å². The van der Waals surface area contributed by atoms with Gasteiger partial charge in [0.1, 0.15) is 11.6 Å². The van der Waals surface area contributed by atoms with Crippen LogP contribution in [0.3, 0.4) is 0 Å². The van der Waals surface area contributed by atoms with Gasteiger partial charge in [0.15, 0.2) is 11.5 Å². The van der Waals surface area contributed by atoms with Crippen LogP contribution in [0.2, 0.25) is 0 Å². The molecule has 0 radical (unpaired) electrons. The van der Waals surface area contributed by atoms with E-state index in [1.165, 1.54) is 0 Å². The van der Waals surface area contributed by atoms with Gasteiger partial charge in [-0.3, -0.25) is 9.59 Å². The van der Waals surface area contributed by atoms with Gasteiger partial charge < -0.3 is 9.47 Å². The monoisotopic (exact) mass is 262 g/mol. The van der Waals surface area contributed by atoms with E-state index in [9.17, 15) is 9.59 Å². The molecule has 0 aromatic heterocycles. The molecule has 0 spiro atoms. The van der Waals surface area contributed by atoms with Gasteiger partial charge >= 0.3 is 0 Å². The predicted molar refractivity (Wildman–Crippen MR) is 70.8 cm³/mol. The average molecular weight is 262 g/mol. The summed E-state index contributed by atoms with van der Waals surface area (Å²) in [6.45, 7) is 2.45. The van der Waals surface area contributed by atoms with Gasteiger partial charge in [-0.25, -0.2) is 0 Å². The third-order valence-electron chi connectivity index (χ3n) is 3.30. The molecule has 0 aliphatic heterocycles. The van der Waals surface area contributed by atoms with Gasteiger partial charge in [-0.05, 0) is 30.5 Å². The second kappa shape index (κ2) is 5.87. The van der Waals surface area contributed by atoms with E-state index in [1.807, 2.05) is 25.1 Å². The van der Waals surface area contributed by atoms with Crippen molar-refractivity contribution in [1.29, 1.82) is 0 Å². The van der Waals surface area contributed by atoms with E-state index in [2.05, 4.69) is 0 Å². The van der Waals surface area contributed by atoms with Crippen LogP contribution in [-0.4, -0.2) is 25.3 Å². The van der Waals surface area contributed by atoms with E-state index in [0.29, 0.717) is 30.9 Å². The number of methoxy groups -OCH3 is 1. The number of benzene rings is 1. The van der Waals surface area contributed by atoms with Crippen LogP contribution in [0.4, 0.5) is 0 Å². The summed E-state index contributed by atoms with van der Waals surface area (Å²) in [6.07, 6.45) is 0.957. The molecule has 0 heterocycles. The quantitative estimate of drug-likeness (QED) is 0.782. The Morgan fingerprint density at radius 1 is 1.16 bits per heavy atom. The van der Waals surface area contributed by atoms with E-state index in [-0.39, 0.29) is 23.9 Å². The molecule has 0 amide bonds. The number of carbonyl (C=O) groups excluding carboxylic acids is 2. The predicted octanol–water partition coefficient (Wildman–Crippen LogP) is 2.50. The van der Waals surface area contributed by atoms with Gasteiger partial charge in [-0.1, -0.05) is 6.07 Å². The first-order chi connectivity index (χ1) is 9.13. The Morgan fingerprint density at radius 2 is 1.84 bits per heavy atom. The first kappa shape index (κ1) is 13.6. The lowest BCUT2D eigenvalue weighted by Gasteiger charge is -2.21. The summed E-state index contributed by atoms with van der Waals surface area (Å²) in [5.74, 6) is 1.34. The maximum absolute atomic E-state index is 11.5. The lowest BCUT2D eigenvalue weighted by atomic mass is 9.82. The van der Waals surface area contributed by atoms with Gasteiger partial charge in [0.2, 0.25) is 0 Å². The molecule has 0 atom stereocenters. The van der Waals surface area contributed by atoms with Crippen LogP contribution in [0.5, 0.6) is 11.5 Å². The first-order valence-corrected chi connectivity index (χ1v) is 6.48. The number of hydrogen-bond acceptors (Lipinski definition) is 4. The minimum absolute atomic E-state index is 0.0232. The summed E-state index contributed by atoms with van der Waals surface area (Å²) in [5, 5.41) is 0. The van der Waals surface area contributed by atoms with Crippen molar-refractivity contribution >= 4 is 11.6 Å². The largest absolute Gasteiger partial charge is 0.493 e. The molecule has 0 saturated heterocycles. The standard InChI is InChI=1S/C15H18O4/c1-3-19-15-8-10(4-5-14(15)18-2)11-6-12(16)9-13(17)7-11/h4-5,8,11H,3,6-7,9H2,1-2H3. The minimum Gasteiger partial charge on any atom is -0.493 e. The third-order valence-corrected chi connectivity index (χ3v) is 3.30. The molecule has 0 unspecified atom stereocenters. The molecular formula is C15H18O4. The van der Waals surface area contributed by atoms with E-state index in [0.717, 1.165) is 5.56 Å². The van der Waals surface area contributed by atoms with Gasteiger partial charge in [-0.2, -0.15) is 0 Å². The fourth-order valence-corrected chi connectivity index (χ4v) is 2.44. The van der Waals surface area contributed by atoms with Crippen molar-refractivity contribution in [2.75, 3.05) is 13.7 Å². The van der Waals surface area contributed by atoms with Crippen molar-refractivity contribution in [3.63, 3.8) is 0 Å². The molecule has 102 valence electrons. The second-order valence-corrected chi connectivity index (χ2v) is 4.70. The van der Waals surface area contributed by atoms with Gasteiger partial charge in [-0.15, -0.1) is 0 Å². The van der Waals surface area contributed by atoms with Crippen LogP contribution in [-0.2, 0) is 9.59 Å². The summed E-state index contributed by atoms with van der Waals surface area (Å²) in [4.78, 5) is 23.0. The van der Waals surface area contributed by atoms with Crippen molar-refractivity contribution < 1.29 is 19.1 Å². The zero-order chi connectivity index (χ0) is 13.8. The maximum Gasteiger partial charge on any atom is 0.161 e. The van der Waals surface area contributed by atoms with Crippen LogP contribution in [0.25, 0.3) is 0 Å². The molecule has 4 heteroatoms. The topological polar surface area (TPSA) is 52.6 Å². The highest BCUT2D eigenvalue weighted by Crippen LogP contribution is 2.35. The highest BCUT2D eigenvalue weighted by atomic mass is 16.5. The summed E-state index contributed by atoms with van der Waals surface area (Å²) in [5.41, 5.74) is 0.964. The van der Waals surface area contributed by atoms with E-state index < -0.39 is 0 Å². The first-order valence-electron chi connectivity index (χ1n) is 6.48. The number of hydrogen-bond donors (Lipinski definition) is 0. The number of Topliss-reactive ketones (excluding diaryl/α,β-unsaturated/α-hetero) is 2. The van der Waals surface area contributed by atoms with Crippen LogP contribution < -0.4 is 9.47 Å². The maximum atomic E-state index is 11.5. The van der Waals surface area contributed by atoms with Crippen molar-refractivity contribution in [2.24, 2.45) is 0 Å². The normalized spacial score (nSPS) is 16.5. The zero-order valence-corrected chi connectivity index (χ0v) is 11.3. The van der Waals surface area contributed by atoms with E-state index >= 15 is 0 Å². The van der Waals surface area contributed by atoms with Gasteiger partial charge in [0.05, 0.1) is 20.1 Å². The highest BCUT2D eigenvalue weighted by Gasteiger charge is 2.27. The molecule has 1 aliphatic carbocycles. The summed E-state index contributed by atoms with van der Waals surface area (Å²) < 4.78 is 10.7. The molecule has 1 aromatic rings. The van der Waals surface area contributed by atoms with Gasteiger partial charge in [0, 0.05) is 12.8 Å².